The second-order valence-corrected chi connectivity index (χ2v) is 5.00. The maximum absolute atomic E-state index is 11.5. The molecule has 0 saturated heterocycles. The van der Waals surface area contributed by atoms with E-state index in [1.807, 2.05) is 0 Å². The first kappa shape index (κ1) is 14.8. The molecule has 0 aliphatic rings. The maximum Gasteiger partial charge on any atom is 0.250 e. The predicted molar refractivity (Wildman–Crippen MR) is 74.6 cm³/mol. The lowest BCUT2D eigenvalue weighted by Gasteiger charge is -2.08. The second-order valence-electron chi connectivity index (χ2n) is 5.00. The van der Waals surface area contributed by atoms with Crippen LogP contribution in [0.3, 0.4) is 0 Å². The molecule has 1 aromatic rings. The lowest BCUT2D eigenvalue weighted by Crippen LogP contribution is -2.19. The van der Waals surface area contributed by atoms with Gasteiger partial charge in [0, 0.05) is 37.7 Å². The molecule has 0 fully saturated rings. The molecular weight excluding hydrogens is 228 g/mol. The number of rotatable bonds is 8. The van der Waals surface area contributed by atoms with Crippen LogP contribution in [0.2, 0.25) is 0 Å². The fourth-order valence-corrected chi connectivity index (χ4v) is 1.76. The first-order chi connectivity index (χ1) is 8.59. The third-order valence-electron chi connectivity index (χ3n) is 2.76. The van der Waals surface area contributed by atoms with Crippen LogP contribution in [0, 0.1) is 5.92 Å². The van der Waals surface area contributed by atoms with E-state index in [-0.39, 0.29) is 5.56 Å². The SMILES string of the molecule is CC(C)CCCOCCCn1cc(N)ccc1=O. The Labute approximate surface area is 109 Å². The topological polar surface area (TPSA) is 57.2 Å². The maximum atomic E-state index is 11.5. The highest BCUT2D eigenvalue weighted by atomic mass is 16.5. The Bertz CT molecular complexity index is 399. The molecule has 1 heterocycles. The number of nitrogens with zero attached hydrogens (tertiary/aromatic N) is 1. The molecule has 0 unspecified atom stereocenters. The van der Waals surface area contributed by atoms with E-state index in [4.69, 9.17) is 10.5 Å². The van der Waals surface area contributed by atoms with E-state index < -0.39 is 0 Å². The van der Waals surface area contributed by atoms with Crippen molar-refractivity contribution < 1.29 is 4.74 Å². The number of pyridine rings is 1. The first-order valence-corrected chi connectivity index (χ1v) is 6.63. The number of nitrogen functional groups attached to an aromatic ring is 1. The molecule has 2 N–H and O–H groups in total. The highest BCUT2D eigenvalue weighted by molar-refractivity contribution is 5.33. The van der Waals surface area contributed by atoms with Crippen LogP contribution in [0.15, 0.2) is 23.1 Å². The van der Waals surface area contributed by atoms with Gasteiger partial charge in [-0.15, -0.1) is 0 Å². The van der Waals surface area contributed by atoms with Crippen LogP contribution >= 0.6 is 0 Å². The Kier molecular flexibility index (Phi) is 6.50. The van der Waals surface area contributed by atoms with Crippen molar-refractivity contribution in [3.8, 4) is 0 Å². The number of nitrogens with two attached hydrogens (primary N) is 1. The van der Waals surface area contributed by atoms with E-state index in [9.17, 15) is 4.79 Å². The molecule has 18 heavy (non-hydrogen) atoms. The number of hydrogen-bond donors (Lipinski definition) is 1. The minimum absolute atomic E-state index is 0.0102. The van der Waals surface area contributed by atoms with Crippen LogP contribution < -0.4 is 11.3 Å². The van der Waals surface area contributed by atoms with E-state index in [2.05, 4.69) is 13.8 Å². The molecule has 4 nitrogen and oxygen atoms in total. The fourth-order valence-electron chi connectivity index (χ4n) is 1.76. The van der Waals surface area contributed by atoms with E-state index in [0.717, 1.165) is 25.4 Å². The van der Waals surface area contributed by atoms with Crippen molar-refractivity contribution in [1.29, 1.82) is 0 Å². The number of aryl methyl sites for hydroxylation is 1. The highest BCUT2D eigenvalue weighted by Gasteiger charge is 1.97. The monoisotopic (exact) mass is 252 g/mol. The van der Waals surface area contributed by atoms with Gasteiger partial charge in [0.2, 0.25) is 0 Å². The smallest absolute Gasteiger partial charge is 0.250 e. The van der Waals surface area contributed by atoms with Gasteiger partial charge >= 0.3 is 0 Å². The van der Waals surface area contributed by atoms with Crippen LogP contribution in [-0.4, -0.2) is 17.8 Å². The van der Waals surface area contributed by atoms with Crippen LogP contribution in [0.5, 0.6) is 0 Å². The van der Waals surface area contributed by atoms with Crippen LogP contribution in [-0.2, 0) is 11.3 Å². The van der Waals surface area contributed by atoms with Crippen molar-refractivity contribution in [3.05, 3.63) is 28.7 Å². The van der Waals surface area contributed by atoms with Gasteiger partial charge in [0.05, 0.1) is 0 Å². The third kappa shape index (κ3) is 5.87. The van der Waals surface area contributed by atoms with Crippen molar-refractivity contribution >= 4 is 5.69 Å². The van der Waals surface area contributed by atoms with Gasteiger partial charge in [0.1, 0.15) is 0 Å². The van der Waals surface area contributed by atoms with Gasteiger partial charge < -0.3 is 15.0 Å². The standard InChI is InChI=1S/C14H24N2O2/c1-12(2)5-3-9-18-10-4-8-16-11-13(15)6-7-14(16)17/h6-7,11-12H,3-5,8-10,15H2,1-2H3. The molecule has 0 radical (unpaired) electrons. The number of aromatic nitrogens is 1. The average molecular weight is 252 g/mol. The summed E-state index contributed by atoms with van der Waals surface area (Å²) in [5.74, 6) is 0.736. The van der Waals surface area contributed by atoms with Crippen molar-refractivity contribution in [2.24, 2.45) is 5.92 Å². The zero-order valence-corrected chi connectivity index (χ0v) is 11.4. The van der Waals surface area contributed by atoms with Gasteiger partial charge in [-0.25, -0.2) is 0 Å². The summed E-state index contributed by atoms with van der Waals surface area (Å²) >= 11 is 0. The Morgan fingerprint density at radius 1 is 1.28 bits per heavy atom. The van der Waals surface area contributed by atoms with Gasteiger partial charge in [0.25, 0.3) is 5.56 Å². The molecular formula is C14H24N2O2. The lowest BCUT2D eigenvalue weighted by molar-refractivity contribution is 0.122. The fraction of sp³-hybridized carbons (Fsp3) is 0.643. The Hall–Kier alpha value is -1.29. The lowest BCUT2D eigenvalue weighted by atomic mass is 10.1. The minimum Gasteiger partial charge on any atom is -0.398 e. The zero-order valence-electron chi connectivity index (χ0n) is 11.4. The van der Waals surface area contributed by atoms with Crippen molar-refractivity contribution in [3.63, 3.8) is 0 Å². The molecule has 1 rings (SSSR count). The van der Waals surface area contributed by atoms with Gasteiger partial charge in [-0.1, -0.05) is 13.8 Å². The number of hydrogen-bond acceptors (Lipinski definition) is 3. The normalized spacial score (nSPS) is 11.1. The molecule has 0 aromatic carbocycles. The summed E-state index contributed by atoms with van der Waals surface area (Å²) < 4.78 is 7.16. The predicted octanol–water partition coefficient (Wildman–Crippen LogP) is 2.27. The summed E-state index contributed by atoms with van der Waals surface area (Å²) in [6, 6.07) is 3.13. The quantitative estimate of drug-likeness (QED) is 0.722. The summed E-state index contributed by atoms with van der Waals surface area (Å²) in [5.41, 5.74) is 6.24. The molecule has 0 amide bonds. The van der Waals surface area contributed by atoms with Crippen LogP contribution in [0.1, 0.15) is 33.1 Å². The molecule has 0 saturated carbocycles. The largest absolute Gasteiger partial charge is 0.398 e. The van der Waals surface area contributed by atoms with Crippen LogP contribution in [0.25, 0.3) is 0 Å². The number of anilines is 1. The average Bonchev–Trinajstić information content (AvgIpc) is 2.32. The molecule has 0 aliphatic heterocycles. The molecule has 0 spiro atoms. The minimum atomic E-state index is -0.0102. The Morgan fingerprint density at radius 2 is 2.00 bits per heavy atom. The van der Waals surface area contributed by atoms with Gasteiger partial charge in [0.15, 0.2) is 0 Å². The summed E-state index contributed by atoms with van der Waals surface area (Å²) in [7, 11) is 0. The zero-order chi connectivity index (χ0) is 13.4. The molecule has 1 aromatic heterocycles. The van der Waals surface area contributed by atoms with Crippen molar-refractivity contribution in [2.75, 3.05) is 18.9 Å². The Morgan fingerprint density at radius 3 is 2.72 bits per heavy atom. The molecule has 0 aliphatic carbocycles. The second kappa shape index (κ2) is 7.93. The molecule has 102 valence electrons. The van der Waals surface area contributed by atoms with E-state index >= 15 is 0 Å². The molecule has 0 atom stereocenters. The third-order valence-corrected chi connectivity index (χ3v) is 2.76. The van der Waals surface area contributed by atoms with E-state index in [1.54, 1.807) is 16.8 Å². The highest BCUT2D eigenvalue weighted by Crippen LogP contribution is 2.03. The van der Waals surface area contributed by atoms with E-state index in [1.165, 1.54) is 12.5 Å². The van der Waals surface area contributed by atoms with E-state index in [0.29, 0.717) is 18.8 Å². The van der Waals surface area contributed by atoms with Gasteiger partial charge in [-0.3, -0.25) is 4.79 Å². The van der Waals surface area contributed by atoms with Crippen molar-refractivity contribution in [1.82, 2.24) is 4.57 Å². The molecule has 4 heteroatoms. The summed E-state index contributed by atoms with van der Waals surface area (Å²) in [6.07, 6.45) is 4.83. The number of ether oxygens (including phenoxy) is 1. The molecule has 0 bridgehead atoms. The van der Waals surface area contributed by atoms with Crippen molar-refractivity contribution in [2.45, 2.75) is 39.7 Å². The van der Waals surface area contributed by atoms with Gasteiger partial charge in [-0.05, 0) is 31.2 Å². The summed E-state index contributed by atoms with van der Waals surface area (Å²) in [4.78, 5) is 11.5. The Balaban J connectivity index is 2.14. The van der Waals surface area contributed by atoms with Crippen LogP contribution in [0.4, 0.5) is 5.69 Å². The summed E-state index contributed by atoms with van der Waals surface area (Å²) in [6.45, 7) is 6.59. The summed E-state index contributed by atoms with van der Waals surface area (Å²) in [5, 5.41) is 0. The van der Waals surface area contributed by atoms with Gasteiger partial charge in [-0.2, -0.15) is 0 Å². The first-order valence-electron chi connectivity index (χ1n) is 6.63.